The van der Waals surface area contributed by atoms with E-state index in [2.05, 4.69) is 21.0 Å². The van der Waals surface area contributed by atoms with Gasteiger partial charge in [0.25, 0.3) is 0 Å². The van der Waals surface area contributed by atoms with Crippen LogP contribution in [0, 0.1) is 17.1 Å². The number of fused-ring (bicyclic) bond motifs is 1. The summed E-state index contributed by atoms with van der Waals surface area (Å²) in [4.78, 5) is 11.5. The van der Waals surface area contributed by atoms with Crippen molar-refractivity contribution < 1.29 is 4.39 Å². The molecule has 20 heavy (non-hydrogen) atoms. The zero-order valence-electron chi connectivity index (χ0n) is 10.5. The Balaban J connectivity index is 2.28. The van der Waals surface area contributed by atoms with Gasteiger partial charge in [-0.15, -0.1) is 0 Å². The molecular weight excluding hydrogens is 275 g/mol. The van der Waals surface area contributed by atoms with Crippen molar-refractivity contribution in [2.24, 2.45) is 0 Å². The van der Waals surface area contributed by atoms with E-state index in [9.17, 15) is 9.65 Å². The Labute approximate surface area is 118 Å². The molecule has 0 unspecified atom stereocenters. The molecule has 98 valence electrons. The summed E-state index contributed by atoms with van der Waals surface area (Å²) in [5.41, 5.74) is 2.40. The standard InChI is InChI=1S/C14H9FN4S/c1-20-14-18-6-8(5-16)13(19-14)11-7-17-12-4-9(15)2-3-10(11)12/h2-4,6-7,17H,1H3. The number of nitrogens with zero attached hydrogens (tertiary/aromatic N) is 3. The predicted octanol–water partition coefficient (Wildman–Crippen LogP) is 3.36. The summed E-state index contributed by atoms with van der Waals surface area (Å²) in [5.74, 6) is -0.307. The van der Waals surface area contributed by atoms with Crippen LogP contribution in [0.25, 0.3) is 22.2 Å². The molecule has 4 nitrogen and oxygen atoms in total. The minimum atomic E-state index is -0.307. The smallest absolute Gasteiger partial charge is 0.187 e. The molecule has 0 amide bonds. The molecule has 0 aliphatic carbocycles. The topological polar surface area (TPSA) is 65.4 Å². The van der Waals surface area contributed by atoms with Crippen LogP contribution in [0.4, 0.5) is 4.39 Å². The van der Waals surface area contributed by atoms with Gasteiger partial charge in [-0.3, -0.25) is 0 Å². The highest BCUT2D eigenvalue weighted by Gasteiger charge is 2.14. The van der Waals surface area contributed by atoms with Gasteiger partial charge in [-0.05, 0) is 24.5 Å². The van der Waals surface area contributed by atoms with Crippen molar-refractivity contribution >= 4 is 22.7 Å². The van der Waals surface area contributed by atoms with E-state index in [1.807, 2.05) is 6.26 Å². The van der Waals surface area contributed by atoms with Gasteiger partial charge < -0.3 is 4.98 Å². The van der Waals surface area contributed by atoms with Crippen molar-refractivity contribution in [1.29, 1.82) is 5.26 Å². The summed E-state index contributed by atoms with van der Waals surface area (Å²) >= 11 is 1.41. The number of aromatic nitrogens is 3. The minimum Gasteiger partial charge on any atom is -0.360 e. The first-order valence-corrected chi connectivity index (χ1v) is 7.03. The summed E-state index contributed by atoms with van der Waals surface area (Å²) in [5, 5.41) is 10.6. The van der Waals surface area contributed by atoms with Gasteiger partial charge in [0.2, 0.25) is 0 Å². The molecular formula is C14H9FN4S. The molecule has 3 aromatic rings. The van der Waals surface area contributed by atoms with Crippen LogP contribution < -0.4 is 0 Å². The van der Waals surface area contributed by atoms with E-state index in [1.54, 1.807) is 12.3 Å². The second-order valence-corrected chi connectivity index (χ2v) is 4.90. The summed E-state index contributed by atoms with van der Waals surface area (Å²) in [6, 6.07) is 6.58. The number of nitriles is 1. The van der Waals surface area contributed by atoms with E-state index in [0.717, 1.165) is 10.9 Å². The normalized spacial score (nSPS) is 10.7. The van der Waals surface area contributed by atoms with E-state index in [0.29, 0.717) is 21.9 Å². The van der Waals surface area contributed by atoms with Gasteiger partial charge in [0, 0.05) is 28.9 Å². The van der Waals surface area contributed by atoms with Crippen LogP contribution in [-0.4, -0.2) is 21.2 Å². The maximum Gasteiger partial charge on any atom is 0.187 e. The van der Waals surface area contributed by atoms with Crippen molar-refractivity contribution in [3.63, 3.8) is 0 Å². The van der Waals surface area contributed by atoms with Gasteiger partial charge in [-0.2, -0.15) is 5.26 Å². The van der Waals surface area contributed by atoms with Crippen molar-refractivity contribution in [2.45, 2.75) is 5.16 Å². The molecule has 0 aliphatic heterocycles. The molecule has 3 rings (SSSR count). The second kappa shape index (κ2) is 4.94. The Bertz CT molecular complexity index is 835. The lowest BCUT2D eigenvalue weighted by Crippen LogP contribution is -1.93. The van der Waals surface area contributed by atoms with E-state index >= 15 is 0 Å². The van der Waals surface area contributed by atoms with Crippen LogP contribution in [-0.2, 0) is 0 Å². The number of hydrogen-bond donors (Lipinski definition) is 1. The molecule has 1 aromatic carbocycles. The average molecular weight is 284 g/mol. The van der Waals surface area contributed by atoms with Gasteiger partial charge in [0.15, 0.2) is 5.16 Å². The third-order valence-corrected chi connectivity index (χ3v) is 3.53. The molecule has 0 fully saturated rings. The van der Waals surface area contributed by atoms with Gasteiger partial charge in [0.1, 0.15) is 11.9 Å². The van der Waals surface area contributed by atoms with Crippen molar-refractivity contribution in [3.8, 4) is 17.3 Å². The number of rotatable bonds is 2. The van der Waals surface area contributed by atoms with Gasteiger partial charge >= 0.3 is 0 Å². The molecule has 1 N–H and O–H groups in total. The molecule has 2 heterocycles. The average Bonchev–Trinajstić information content (AvgIpc) is 2.89. The van der Waals surface area contributed by atoms with E-state index in [4.69, 9.17) is 0 Å². The molecule has 0 spiro atoms. The molecule has 0 atom stereocenters. The molecule has 0 saturated carbocycles. The van der Waals surface area contributed by atoms with E-state index < -0.39 is 0 Å². The minimum absolute atomic E-state index is 0.307. The monoisotopic (exact) mass is 284 g/mol. The summed E-state index contributed by atoms with van der Waals surface area (Å²) in [6.07, 6.45) is 5.11. The number of halogens is 1. The van der Waals surface area contributed by atoms with Crippen molar-refractivity contribution in [3.05, 3.63) is 42.0 Å². The molecule has 6 heteroatoms. The largest absolute Gasteiger partial charge is 0.360 e. The van der Waals surface area contributed by atoms with E-state index in [1.165, 1.54) is 30.1 Å². The van der Waals surface area contributed by atoms with Crippen molar-refractivity contribution in [1.82, 2.24) is 15.0 Å². The van der Waals surface area contributed by atoms with E-state index in [-0.39, 0.29) is 5.82 Å². The van der Waals surface area contributed by atoms with Crippen molar-refractivity contribution in [2.75, 3.05) is 6.26 Å². The Hall–Kier alpha value is -2.39. The maximum absolute atomic E-state index is 13.2. The maximum atomic E-state index is 13.2. The zero-order chi connectivity index (χ0) is 14.1. The zero-order valence-corrected chi connectivity index (χ0v) is 11.3. The summed E-state index contributed by atoms with van der Waals surface area (Å²) in [7, 11) is 0. The summed E-state index contributed by atoms with van der Waals surface area (Å²) < 4.78 is 13.2. The molecule has 0 bridgehead atoms. The Kier molecular flexibility index (Phi) is 3.12. The lowest BCUT2D eigenvalue weighted by atomic mass is 10.1. The third-order valence-electron chi connectivity index (χ3n) is 2.97. The number of aromatic amines is 1. The lowest BCUT2D eigenvalue weighted by molar-refractivity contribution is 0.629. The first-order valence-electron chi connectivity index (χ1n) is 5.81. The number of thioether (sulfide) groups is 1. The quantitative estimate of drug-likeness (QED) is 0.579. The molecule has 0 radical (unpaired) electrons. The predicted molar refractivity (Wildman–Crippen MR) is 75.8 cm³/mol. The Morgan fingerprint density at radius 3 is 3.00 bits per heavy atom. The first kappa shape index (κ1) is 12.6. The summed E-state index contributed by atoms with van der Waals surface area (Å²) in [6.45, 7) is 0. The van der Waals surface area contributed by atoms with Crippen LogP contribution >= 0.6 is 11.8 Å². The fraction of sp³-hybridized carbons (Fsp3) is 0.0714. The first-order chi connectivity index (χ1) is 9.72. The number of nitrogens with one attached hydrogen (secondary N) is 1. The second-order valence-electron chi connectivity index (χ2n) is 4.12. The van der Waals surface area contributed by atoms with Crippen LogP contribution in [0.5, 0.6) is 0 Å². The van der Waals surface area contributed by atoms with Crippen LogP contribution in [0.15, 0.2) is 35.7 Å². The number of H-pyrrole nitrogens is 1. The van der Waals surface area contributed by atoms with Crippen LogP contribution in [0.2, 0.25) is 0 Å². The van der Waals surface area contributed by atoms with Crippen LogP contribution in [0.1, 0.15) is 5.56 Å². The SMILES string of the molecule is CSc1ncc(C#N)c(-c2c[nH]c3cc(F)ccc23)n1. The highest BCUT2D eigenvalue weighted by molar-refractivity contribution is 7.98. The van der Waals surface area contributed by atoms with Gasteiger partial charge in [-0.25, -0.2) is 14.4 Å². The molecule has 2 aromatic heterocycles. The Morgan fingerprint density at radius 2 is 2.25 bits per heavy atom. The fourth-order valence-electron chi connectivity index (χ4n) is 2.05. The highest BCUT2D eigenvalue weighted by atomic mass is 32.2. The van der Waals surface area contributed by atoms with Gasteiger partial charge in [-0.1, -0.05) is 11.8 Å². The van der Waals surface area contributed by atoms with Crippen LogP contribution in [0.3, 0.4) is 0 Å². The number of benzene rings is 1. The molecule has 0 aliphatic rings. The highest BCUT2D eigenvalue weighted by Crippen LogP contribution is 2.30. The molecule has 0 saturated heterocycles. The lowest BCUT2D eigenvalue weighted by Gasteiger charge is -2.03. The Morgan fingerprint density at radius 1 is 1.40 bits per heavy atom. The third kappa shape index (κ3) is 2.02. The van der Waals surface area contributed by atoms with Gasteiger partial charge in [0.05, 0.1) is 11.3 Å². The fourth-order valence-corrected chi connectivity index (χ4v) is 2.39. The number of hydrogen-bond acceptors (Lipinski definition) is 4.